The highest BCUT2D eigenvalue weighted by atomic mass is 32.1. The highest BCUT2D eigenvalue weighted by Crippen LogP contribution is 2.15. The van der Waals surface area contributed by atoms with Crippen LogP contribution in [0.25, 0.3) is 0 Å². The van der Waals surface area contributed by atoms with Crippen LogP contribution in [0, 0.1) is 0 Å². The largest absolute Gasteiger partial charge is 0.383 e. The molecule has 0 aromatic heterocycles. The topological polar surface area (TPSA) is 42.5 Å². The highest BCUT2D eigenvalue weighted by molar-refractivity contribution is 7.80. The molecule has 2 N–H and O–H groups in total. The third-order valence-corrected chi connectivity index (χ3v) is 2.91. The Balaban J connectivity index is 2.22. The van der Waals surface area contributed by atoms with E-state index in [2.05, 4.69) is 17.6 Å². The molecule has 0 bridgehead atoms. The zero-order valence-electron chi connectivity index (χ0n) is 10.3. The predicted octanol–water partition coefficient (Wildman–Crippen LogP) is 1.05. The second-order valence-electron chi connectivity index (χ2n) is 4.31. The Morgan fingerprint density at radius 1 is 1.50 bits per heavy atom. The molecule has 4 nitrogen and oxygen atoms in total. The van der Waals surface area contributed by atoms with Crippen LogP contribution in [0.3, 0.4) is 0 Å². The summed E-state index contributed by atoms with van der Waals surface area (Å²) in [6.45, 7) is 5.66. The average molecular weight is 246 g/mol. The van der Waals surface area contributed by atoms with E-state index in [0.717, 1.165) is 19.4 Å². The first-order valence-corrected chi connectivity index (χ1v) is 6.22. The van der Waals surface area contributed by atoms with E-state index in [1.165, 1.54) is 0 Å². The Kier molecular flexibility index (Phi) is 6.01. The second kappa shape index (κ2) is 7.04. The fourth-order valence-electron chi connectivity index (χ4n) is 1.85. The Bertz CT molecular complexity index is 220. The summed E-state index contributed by atoms with van der Waals surface area (Å²) in [6.07, 6.45) is 2.55. The molecule has 1 rings (SSSR count). The molecule has 16 heavy (non-hydrogen) atoms. The van der Waals surface area contributed by atoms with Crippen LogP contribution in [0.15, 0.2) is 0 Å². The van der Waals surface area contributed by atoms with Crippen molar-refractivity contribution in [3.05, 3.63) is 0 Å². The van der Waals surface area contributed by atoms with Crippen LogP contribution in [-0.4, -0.2) is 43.6 Å². The monoisotopic (exact) mass is 246 g/mol. The summed E-state index contributed by atoms with van der Waals surface area (Å²) in [5.41, 5.74) is 0. The summed E-state index contributed by atoms with van der Waals surface area (Å²) < 4.78 is 10.6. The molecule has 0 amide bonds. The quantitative estimate of drug-likeness (QED) is 0.710. The van der Waals surface area contributed by atoms with Gasteiger partial charge >= 0.3 is 0 Å². The van der Waals surface area contributed by atoms with Crippen molar-refractivity contribution >= 4 is 17.3 Å². The van der Waals surface area contributed by atoms with Crippen LogP contribution >= 0.6 is 12.2 Å². The molecular formula is C11H22N2O2S. The molecule has 3 unspecified atom stereocenters. The van der Waals surface area contributed by atoms with Gasteiger partial charge in [-0.25, -0.2) is 0 Å². The van der Waals surface area contributed by atoms with Crippen molar-refractivity contribution in [2.75, 3.05) is 20.3 Å². The van der Waals surface area contributed by atoms with E-state index < -0.39 is 0 Å². The van der Waals surface area contributed by atoms with Gasteiger partial charge in [-0.05, 0) is 38.9 Å². The number of rotatable bonds is 5. The second-order valence-corrected chi connectivity index (χ2v) is 4.72. The first-order valence-electron chi connectivity index (χ1n) is 5.81. The minimum Gasteiger partial charge on any atom is -0.383 e. The number of hydrogen-bond donors (Lipinski definition) is 2. The molecule has 1 fully saturated rings. The van der Waals surface area contributed by atoms with Crippen molar-refractivity contribution in [2.24, 2.45) is 0 Å². The van der Waals surface area contributed by atoms with Crippen LogP contribution in [-0.2, 0) is 9.47 Å². The fraction of sp³-hybridized carbons (Fsp3) is 0.909. The lowest BCUT2D eigenvalue weighted by molar-refractivity contribution is 0.0891. The van der Waals surface area contributed by atoms with Gasteiger partial charge in [-0.15, -0.1) is 0 Å². The Labute approximate surface area is 103 Å². The van der Waals surface area contributed by atoms with E-state index in [1.54, 1.807) is 7.11 Å². The van der Waals surface area contributed by atoms with Crippen molar-refractivity contribution in [1.29, 1.82) is 0 Å². The van der Waals surface area contributed by atoms with E-state index >= 15 is 0 Å². The molecule has 3 atom stereocenters. The maximum Gasteiger partial charge on any atom is 0.166 e. The molecule has 1 heterocycles. The lowest BCUT2D eigenvalue weighted by atomic mass is 10.1. The maximum absolute atomic E-state index is 5.59. The van der Waals surface area contributed by atoms with Crippen molar-refractivity contribution in [1.82, 2.24) is 10.6 Å². The number of methoxy groups -OCH3 is 1. The van der Waals surface area contributed by atoms with Crippen LogP contribution in [0.5, 0.6) is 0 Å². The summed E-state index contributed by atoms with van der Waals surface area (Å²) in [6, 6.07) is 0.485. The molecule has 0 spiro atoms. The normalized spacial score (nSPS) is 23.8. The van der Waals surface area contributed by atoms with Gasteiger partial charge in [0.2, 0.25) is 0 Å². The third kappa shape index (κ3) is 4.63. The van der Waals surface area contributed by atoms with E-state index in [9.17, 15) is 0 Å². The molecule has 0 saturated carbocycles. The number of hydrogen-bond acceptors (Lipinski definition) is 3. The summed E-state index contributed by atoms with van der Waals surface area (Å²) >= 11 is 5.22. The highest BCUT2D eigenvalue weighted by Gasteiger charge is 2.22. The van der Waals surface area contributed by atoms with Gasteiger partial charge < -0.3 is 20.1 Å². The summed E-state index contributed by atoms with van der Waals surface area (Å²) in [7, 11) is 1.68. The van der Waals surface area contributed by atoms with Gasteiger partial charge in [0.25, 0.3) is 0 Å². The van der Waals surface area contributed by atoms with Gasteiger partial charge in [0.15, 0.2) is 5.11 Å². The van der Waals surface area contributed by atoms with Crippen molar-refractivity contribution < 1.29 is 9.47 Å². The minimum absolute atomic E-state index is 0.224. The number of ether oxygens (including phenoxy) is 2. The molecule has 0 aromatic rings. The molecule has 1 aliphatic heterocycles. The van der Waals surface area contributed by atoms with Crippen LogP contribution in [0.1, 0.15) is 26.7 Å². The lowest BCUT2D eigenvalue weighted by Gasteiger charge is -2.23. The van der Waals surface area contributed by atoms with Crippen molar-refractivity contribution in [3.8, 4) is 0 Å². The van der Waals surface area contributed by atoms with E-state index in [4.69, 9.17) is 21.7 Å². The number of thiocarbonyl (C=S) groups is 1. The zero-order valence-corrected chi connectivity index (χ0v) is 11.1. The molecule has 0 aliphatic carbocycles. The fourth-order valence-corrected chi connectivity index (χ4v) is 2.24. The van der Waals surface area contributed by atoms with Gasteiger partial charge in [0.05, 0.1) is 18.8 Å². The summed E-state index contributed by atoms with van der Waals surface area (Å²) in [5.74, 6) is 0. The van der Waals surface area contributed by atoms with Crippen LogP contribution in [0.4, 0.5) is 0 Å². The van der Waals surface area contributed by atoms with E-state index in [0.29, 0.717) is 11.7 Å². The third-order valence-electron chi connectivity index (χ3n) is 2.68. The SMILES string of the molecule is COCC(C)NC(=S)NC(C)C1CCCO1. The van der Waals surface area contributed by atoms with E-state index in [1.807, 2.05) is 6.92 Å². The number of nitrogens with one attached hydrogen (secondary N) is 2. The average Bonchev–Trinajstić information content (AvgIpc) is 2.69. The van der Waals surface area contributed by atoms with Crippen LogP contribution < -0.4 is 10.6 Å². The summed E-state index contributed by atoms with van der Waals surface area (Å²) in [4.78, 5) is 0. The Morgan fingerprint density at radius 3 is 2.81 bits per heavy atom. The molecule has 1 aliphatic rings. The molecule has 1 saturated heterocycles. The van der Waals surface area contributed by atoms with Gasteiger partial charge in [-0.2, -0.15) is 0 Å². The Morgan fingerprint density at radius 2 is 2.25 bits per heavy atom. The minimum atomic E-state index is 0.224. The van der Waals surface area contributed by atoms with Gasteiger partial charge in [0.1, 0.15) is 0 Å². The smallest absolute Gasteiger partial charge is 0.166 e. The first-order chi connectivity index (χ1) is 7.63. The van der Waals surface area contributed by atoms with Crippen molar-refractivity contribution in [2.45, 2.75) is 44.9 Å². The molecule has 94 valence electrons. The van der Waals surface area contributed by atoms with E-state index in [-0.39, 0.29) is 18.2 Å². The summed E-state index contributed by atoms with van der Waals surface area (Å²) in [5, 5.41) is 7.10. The van der Waals surface area contributed by atoms with Gasteiger partial charge in [0, 0.05) is 19.8 Å². The molecule has 0 aromatic carbocycles. The Hall–Kier alpha value is -0.390. The van der Waals surface area contributed by atoms with Gasteiger partial charge in [-0.1, -0.05) is 0 Å². The molecular weight excluding hydrogens is 224 g/mol. The maximum atomic E-state index is 5.59. The molecule has 0 radical (unpaired) electrons. The van der Waals surface area contributed by atoms with Crippen LogP contribution in [0.2, 0.25) is 0 Å². The molecule has 5 heteroatoms. The predicted molar refractivity (Wildman–Crippen MR) is 68.6 cm³/mol. The first kappa shape index (κ1) is 13.7. The lowest BCUT2D eigenvalue weighted by Crippen LogP contribution is -2.49. The van der Waals surface area contributed by atoms with Crippen molar-refractivity contribution in [3.63, 3.8) is 0 Å². The van der Waals surface area contributed by atoms with Gasteiger partial charge in [-0.3, -0.25) is 0 Å². The standard InChI is InChI=1S/C11H22N2O2S/c1-8(7-14-3)12-11(16)13-9(2)10-5-4-6-15-10/h8-10H,4-7H2,1-3H3,(H2,12,13,16). The zero-order chi connectivity index (χ0) is 12.0.